The number of methoxy groups -OCH3 is 2. The molecule has 0 saturated carbocycles. The summed E-state index contributed by atoms with van der Waals surface area (Å²) in [6.45, 7) is 20.3. The van der Waals surface area contributed by atoms with Crippen LogP contribution in [0.1, 0.15) is 51.4 Å². The number of fused-ring (bicyclic) bond motifs is 2. The third-order valence-corrected chi connectivity index (χ3v) is 13.4. The summed E-state index contributed by atoms with van der Waals surface area (Å²) in [6.07, 6.45) is 5.33. The molecule has 4 heterocycles. The van der Waals surface area contributed by atoms with Crippen LogP contribution in [0.2, 0.25) is 0 Å². The third-order valence-electron chi connectivity index (χ3n) is 12.0. The van der Waals surface area contributed by atoms with Crippen molar-refractivity contribution in [3.05, 3.63) is 138 Å². The Bertz CT molecular complexity index is 3660. The van der Waals surface area contributed by atoms with Gasteiger partial charge in [-0.15, -0.1) is 24.2 Å². The maximum absolute atomic E-state index is 15.1. The van der Waals surface area contributed by atoms with Crippen LogP contribution in [0.5, 0.6) is 11.5 Å². The lowest BCUT2D eigenvalue weighted by Gasteiger charge is -2.17. The zero-order chi connectivity index (χ0) is 62.1. The molecule has 27 heteroatoms. The molecule has 8 aromatic rings. The largest absolute Gasteiger partial charge is 0.495 e. The van der Waals surface area contributed by atoms with Crippen molar-refractivity contribution in [3.8, 4) is 34.0 Å². The highest BCUT2D eigenvalue weighted by molar-refractivity contribution is 7.99. The number of allylic oxidation sites excluding steroid dienone is 1. The smallest absolute Gasteiger partial charge is 0.307 e. The summed E-state index contributed by atoms with van der Waals surface area (Å²) < 4.78 is 58.6. The number of halogens is 5. The third kappa shape index (κ3) is 18.8. The van der Waals surface area contributed by atoms with Crippen molar-refractivity contribution >= 4 is 116 Å². The van der Waals surface area contributed by atoms with Gasteiger partial charge in [0.2, 0.25) is 28.9 Å². The van der Waals surface area contributed by atoms with Gasteiger partial charge in [0.15, 0.2) is 11.6 Å². The molecule has 0 aliphatic rings. The molecular formula is C58H69Cl2F3N14O6S2. The molecule has 8 rings (SSSR count). The van der Waals surface area contributed by atoms with Crippen LogP contribution >= 0.6 is 48.4 Å². The zero-order valence-electron chi connectivity index (χ0n) is 49.1. The minimum absolute atomic E-state index is 0. The first kappa shape index (κ1) is 69.7. The summed E-state index contributed by atoms with van der Waals surface area (Å²) >= 11 is 10.3. The summed E-state index contributed by atoms with van der Waals surface area (Å²) in [5, 5.41) is 19.5. The van der Waals surface area contributed by atoms with Crippen LogP contribution in [0.15, 0.2) is 103 Å². The number of amides is 1. The second kappa shape index (κ2) is 32.5. The van der Waals surface area contributed by atoms with E-state index in [9.17, 15) is 28.5 Å². The lowest BCUT2D eigenvalue weighted by atomic mass is 10.1. The average Bonchev–Trinajstić information content (AvgIpc) is 2.34. The number of hydrogen-bond donors (Lipinski definition) is 4. The predicted molar refractivity (Wildman–Crippen MR) is 340 cm³/mol. The van der Waals surface area contributed by atoms with Crippen molar-refractivity contribution in [2.45, 2.75) is 58.5 Å². The molecule has 1 amide bonds. The van der Waals surface area contributed by atoms with Crippen LogP contribution < -0.4 is 25.4 Å². The number of nitro groups is 1. The SMILES string of the molecule is C=CC(=O)Cl.C=CC(=O)Nc1cc(Nc2nccc(-c3cc(F)c4nc(C)n(C(C)C)c4c3)n2)c(OC)cc1SCCN(C)C.CN(C)CCS.COc1cc(F)c([N+](=O)[O-])cc1Nc1nccc(-c2cc(F)c3nc(C)n(C(C)C)c3c2)n1.Cl. The zero-order valence-corrected chi connectivity index (χ0v) is 52.4. The molecule has 0 atom stereocenters. The Morgan fingerprint density at radius 2 is 1.19 bits per heavy atom. The number of thiol groups is 1. The minimum atomic E-state index is -1.03. The van der Waals surface area contributed by atoms with E-state index in [0.29, 0.717) is 68.0 Å². The summed E-state index contributed by atoms with van der Waals surface area (Å²) in [5.74, 6) is 1.94. The molecule has 4 aromatic carbocycles. The van der Waals surface area contributed by atoms with E-state index in [1.807, 2.05) is 91.0 Å². The second-order valence-corrected chi connectivity index (χ2v) is 21.3. The first-order valence-electron chi connectivity index (χ1n) is 25.9. The predicted octanol–water partition coefficient (Wildman–Crippen LogP) is 13.2. The number of anilines is 5. The number of carbonyl (C=O) groups is 2. The lowest BCUT2D eigenvalue weighted by molar-refractivity contribution is -0.387. The van der Waals surface area contributed by atoms with Gasteiger partial charge in [-0.3, -0.25) is 19.7 Å². The van der Waals surface area contributed by atoms with Gasteiger partial charge in [-0.2, -0.15) is 17.0 Å². The fourth-order valence-electron chi connectivity index (χ4n) is 8.25. The molecule has 4 aromatic heterocycles. The van der Waals surface area contributed by atoms with Crippen molar-refractivity contribution in [2.75, 3.05) is 83.0 Å². The molecule has 0 spiro atoms. The topological polar surface area (TPSA) is 226 Å². The number of ether oxygens (including phenoxy) is 2. The highest BCUT2D eigenvalue weighted by atomic mass is 35.5. The van der Waals surface area contributed by atoms with Gasteiger partial charge in [-0.1, -0.05) is 13.2 Å². The van der Waals surface area contributed by atoms with Gasteiger partial charge in [0, 0.05) is 77.2 Å². The Kier molecular flexibility index (Phi) is 26.6. The molecule has 0 saturated heterocycles. The monoisotopic (exact) mass is 1250 g/mol. The van der Waals surface area contributed by atoms with E-state index in [2.05, 4.69) is 81.4 Å². The molecule has 0 radical (unpaired) electrons. The normalized spacial score (nSPS) is 10.8. The lowest BCUT2D eigenvalue weighted by Crippen LogP contribution is -2.15. The number of hydrogen-bond acceptors (Lipinski definition) is 18. The molecule has 0 fully saturated rings. The van der Waals surface area contributed by atoms with E-state index in [4.69, 9.17) is 21.1 Å². The number of nitrogens with one attached hydrogen (secondary N) is 3. The minimum Gasteiger partial charge on any atom is -0.495 e. The number of carbonyl (C=O) groups excluding carboxylic acids is 2. The van der Waals surface area contributed by atoms with Crippen LogP contribution in [0.25, 0.3) is 44.6 Å². The maximum Gasteiger partial charge on any atom is 0.307 e. The summed E-state index contributed by atoms with van der Waals surface area (Å²) in [4.78, 5) is 63.2. The first-order valence-corrected chi connectivity index (χ1v) is 27.9. The fraction of sp³-hybridized carbons (Fsp3) is 0.310. The molecule has 0 aliphatic heterocycles. The van der Waals surface area contributed by atoms with E-state index >= 15 is 4.39 Å². The van der Waals surface area contributed by atoms with Crippen LogP contribution in [0, 0.1) is 41.4 Å². The molecule has 20 nitrogen and oxygen atoms in total. The summed E-state index contributed by atoms with van der Waals surface area (Å²) in [6, 6.07) is 15.6. The van der Waals surface area contributed by atoms with Gasteiger partial charge in [-0.25, -0.2) is 38.7 Å². The standard InChI is InChI=1S/C29H34FN7O2S.C22H20F2N6O3.C4H11NS.C3H3ClO.ClH/c1-8-27(38)33-23-15-22(25(39-7)16-26(23)40-12-11-36(5)6)35-29-31-10-9-21(34-29)19-13-20(30)28-24(14-19)37(17(2)3)18(4)32-28;1-11(2)29-12(3)26-21-15(24)7-13(8-19(21)29)16-5-6-25-22(27-16)28-17-10-18(30(31)32)14(23)9-20(17)33-4;1-5(2)3-4-6;1-2-3(4)5;/h8-10,13-17H,1,11-12H2,2-7H3,(H,33,38)(H,31,34,35);5-11H,1-4H3,(H,25,27,28);6H,3-4H2,1-2H3;2H,1H2;1H. The van der Waals surface area contributed by atoms with E-state index < -0.39 is 33.3 Å². The maximum atomic E-state index is 15.1. The number of rotatable bonds is 20. The number of nitrogens with zero attached hydrogens (tertiary/aromatic N) is 11. The van der Waals surface area contributed by atoms with E-state index in [0.717, 1.165) is 53.5 Å². The summed E-state index contributed by atoms with van der Waals surface area (Å²) in [7, 11) is 11.0. The van der Waals surface area contributed by atoms with Gasteiger partial charge in [0.1, 0.15) is 34.2 Å². The van der Waals surface area contributed by atoms with Gasteiger partial charge >= 0.3 is 5.69 Å². The highest BCUT2D eigenvalue weighted by Gasteiger charge is 2.22. The molecule has 0 unspecified atom stereocenters. The quantitative estimate of drug-likeness (QED) is 0.0139. The molecule has 0 bridgehead atoms. The molecule has 3 N–H and O–H groups in total. The number of imidazole rings is 2. The number of aromatic nitrogens is 8. The van der Waals surface area contributed by atoms with Crippen LogP contribution in [0.3, 0.4) is 0 Å². The van der Waals surface area contributed by atoms with Gasteiger partial charge in [0.05, 0.1) is 58.6 Å². The van der Waals surface area contributed by atoms with Crippen LogP contribution in [-0.4, -0.2) is 132 Å². The van der Waals surface area contributed by atoms with Crippen LogP contribution in [0.4, 0.5) is 47.8 Å². The number of thioether (sulfide) groups is 1. The Balaban J connectivity index is 0.000000310. The van der Waals surface area contributed by atoms with Crippen LogP contribution in [-0.2, 0) is 9.59 Å². The first-order chi connectivity index (χ1) is 39.8. The Labute approximate surface area is 512 Å². The van der Waals surface area contributed by atoms with Crippen molar-refractivity contribution in [1.82, 2.24) is 48.8 Å². The highest BCUT2D eigenvalue weighted by Crippen LogP contribution is 2.39. The van der Waals surface area contributed by atoms with Crippen molar-refractivity contribution in [3.63, 3.8) is 0 Å². The second-order valence-electron chi connectivity index (χ2n) is 19.4. The Morgan fingerprint density at radius 1 is 0.729 bits per heavy atom. The molecule has 0 aliphatic carbocycles. The molecule has 454 valence electrons. The number of benzene rings is 4. The average molecular weight is 1250 g/mol. The van der Waals surface area contributed by atoms with Gasteiger partial charge < -0.3 is 44.4 Å². The van der Waals surface area contributed by atoms with Crippen molar-refractivity contribution < 1.29 is 37.2 Å². The van der Waals surface area contributed by atoms with E-state index in [-0.39, 0.29) is 53.3 Å². The van der Waals surface area contributed by atoms with Gasteiger partial charge in [-0.05, 0) is 142 Å². The van der Waals surface area contributed by atoms with Crippen molar-refractivity contribution in [2.24, 2.45) is 0 Å². The van der Waals surface area contributed by atoms with E-state index in [1.165, 1.54) is 31.5 Å². The molecule has 85 heavy (non-hydrogen) atoms. The van der Waals surface area contributed by atoms with E-state index in [1.54, 1.807) is 49.3 Å². The fourth-order valence-corrected chi connectivity index (χ4v) is 9.79. The summed E-state index contributed by atoms with van der Waals surface area (Å²) in [5.41, 5.74) is 4.59. The number of aryl methyl sites for hydroxylation is 2. The number of nitro benzene ring substituents is 1. The van der Waals surface area contributed by atoms with Crippen molar-refractivity contribution in [1.29, 1.82) is 0 Å². The van der Waals surface area contributed by atoms with Gasteiger partial charge in [0.25, 0.3) is 0 Å². The molecular weight excluding hydrogens is 1180 g/mol. The Hall–Kier alpha value is -7.81. The Morgan fingerprint density at radius 3 is 1.58 bits per heavy atom.